The summed E-state index contributed by atoms with van der Waals surface area (Å²) in [6.07, 6.45) is 0.365. The number of hydrogen-bond donors (Lipinski definition) is 2. The molecule has 3 N–H and O–H groups in total. The second kappa shape index (κ2) is 5.32. The summed E-state index contributed by atoms with van der Waals surface area (Å²) in [7, 11) is 0. The van der Waals surface area contributed by atoms with Crippen molar-refractivity contribution in [2.45, 2.75) is 23.8 Å². The largest absolute Gasteiger partial charge is 0.480 e. The molecule has 5 heteroatoms. The van der Waals surface area contributed by atoms with Crippen molar-refractivity contribution < 1.29 is 14.3 Å². The normalized spacial score (nSPS) is 14.4. The number of carbonyl (C=O) groups is 1. The molecule has 0 fully saturated rings. The maximum absolute atomic E-state index is 12.6. The zero-order valence-corrected chi connectivity index (χ0v) is 9.76. The first-order valence-electron chi connectivity index (χ1n) is 4.82. The van der Waals surface area contributed by atoms with E-state index >= 15 is 0 Å². The molecule has 0 saturated heterocycles. The standard InChI is InChI=1S/C11H14FNO2S/c1-11(13,10(14)15)6-7-16-9-4-2-8(12)3-5-9/h2-5H,6-7,13H2,1H3,(H,14,15). The van der Waals surface area contributed by atoms with Crippen LogP contribution in [0, 0.1) is 5.82 Å². The molecule has 1 aromatic rings. The lowest BCUT2D eigenvalue weighted by atomic mass is 10.0. The average molecular weight is 243 g/mol. The van der Waals surface area contributed by atoms with E-state index in [-0.39, 0.29) is 5.82 Å². The zero-order valence-electron chi connectivity index (χ0n) is 8.94. The summed E-state index contributed by atoms with van der Waals surface area (Å²) in [5, 5.41) is 8.79. The van der Waals surface area contributed by atoms with Gasteiger partial charge in [0.25, 0.3) is 0 Å². The van der Waals surface area contributed by atoms with Crippen LogP contribution in [0.3, 0.4) is 0 Å². The van der Waals surface area contributed by atoms with Gasteiger partial charge in [-0.3, -0.25) is 4.79 Å². The van der Waals surface area contributed by atoms with Crippen molar-refractivity contribution in [3.8, 4) is 0 Å². The van der Waals surface area contributed by atoms with Crippen molar-refractivity contribution in [1.82, 2.24) is 0 Å². The van der Waals surface area contributed by atoms with E-state index in [1.165, 1.54) is 30.8 Å². The Kier molecular flexibility index (Phi) is 4.32. The molecule has 88 valence electrons. The first-order chi connectivity index (χ1) is 7.42. The van der Waals surface area contributed by atoms with E-state index in [0.29, 0.717) is 12.2 Å². The molecule has 0 aromatic heterocycles. The summed E-state index contributed by atoms with van der Waals surface area (Å²) >= 11 is 1.46. The highest BCUT2D eigenvalue weighted by molar-refractivity contribution is 7.99. The quantitative estimate of drug-likeness (QED) is 0.777. The Balaban J connectivity index is 2.41. The molecule has 0 amide bonds. The van der Waals surface area contributed by atoms with Gasteiger partial charge in [0.15, 0.2) is 0 Å². The van der Waals surface area contributed by atoms with Crippen LogP contribution in [0.15, 0.2) is 29.2 Å². The van der Waals surface area contributed by atoms with Crippen molar-refractivity contribution in [2.24, 2.45) is 5.73 Å². The van der Waals surface area contributed by atoms with Crippen molar-refractivity contribution in [2.75, 3.05) is 5.75 Å². The maximum Gasteiger partial charge on any atom is 0.323 e. The molecule has 0 aliphatic carbocycles. The van der Waals surface area contributed by atoms with Crippen LogP contribution in [0.2, 0.25) is 0 Å². The first kappa shape index (κ1) is 13.0. The molecule has 0 bridgehead atoms. The maximum atomic E-state index is 12.6. The highest BCUT2D eigenvalue weighted by atomic mass is 32.2. The van der Waals surface area contributed by atoms with Gasteiger partial charge in [0, 0.05) is 10.6 Å². The molecule has 3 nitrogen and oxygen atoms in total. The van der Waals surface area contributed by atoms with E-state index in [9.17, 15) is 9.18 Å². The first-order valence-corrected chi connectivity index (χ1v) is 5.81. The fourth-order valence-electron chi connectivity index (χ4n) is 1.02. The lowest BCUT2D eigenvalue weighted by molar-refractivity contribution is -0.142. The molecule has 0 heterocycles. The van der Waals surface area contributed by atoms with Gasteiger partial charge in [-0.1, -0.05) is 0 Å². The van der Waals surface area contributed by atoms with E-state index in [1.807, 2.05) is 0 Å². The number of nitrogens with two attached hydrogens (primary N) is 1. The van der Waals surface area contributed by atoms with E-state index in [4.69, 9.17) is 10.8 Å². The Labute approximate surface area is 97.8 Å². The van der Waals surface area contributed by atoms with Crippen LogP contribution in [0.25, 0.3) is 0 Å². The summed E-state index contributed by atoms with van der Waals surface area (Å²) in [6, 6.07) is 6.07. The highest BCUT2D eigenvalue weighted by Gasteiger charge is 2.26. The molecule has 0 aliphatic heterocycles. The molecule has 1 unspecified atom stereocenters. The van der Waals surface area contributed by atoms with Gasteiger partial charge in [0.2, 0.25) is 0 Å². The molecule has 0 spiro atoms. The molecule has 1 aromatic carbocycles. The number of carboxylic acid groups (broad SMARTS) is 1. The summed E-state index contributed by atoms with van der Waals surface area (Å²) in [5.41, 5.74) is 4.37. The third kappa shape index (κ3) is 3.83. The monoisotopic (exact) mass is 243 g/mol. The second-order valence-electron chi connectivity index (χ2n) is 3.78. The van der Waals surface area contributed by atoms with Gasteiger partial charge in [-0.05, 0) is 37.6 Å². The number of benzene rings is 1. The van der Waals surface area contributed by atoms with Crippen LogP contribution in [0.4, 0.5) is 4.39 Å². The zero-order chi connectivity index (χ0) is 12.2. The highest BCUT2D eigenvalue weighted by Crippen LogP contribution is 2.21. The minimum atomic E-state index is -1.20. The van der Waals surface area contributed by atoms with Crippen LogP contribution >= 0.6 is 11.8 Å². The predicted octanol–water partition coefficient (Wildman–Crippen LogP) is 2.11. The van der Waals surface area contributed by atoms with Gasteiger partial charge in [0.05, 0.1) is 0 Å². The minimum absolute atomic E-state index is 0.279. The fourth-order valence-corrected chi connectivity index (χ4v) is 2.11. The van der Waals surface area contributed by atoms with Gasteiger partial charge < -0.3 is 10.8 Å². The van der Waals surface area contributed by atoms with E-state index in [2.05, 4.69) is 0 Å². The molecule has 0 radical (unpaired) electrons. The fraction of sp³-hybridized carbons (Fsp3) is 0.364. The Morgan fingerprint density at radius 1 is 1.50 bits per heavy atom. The van der Waals surface area contributed by atoms with Crippen LogP contribution < -0.4 is 5.73 Å². The van der Waals surface area contributed by atoms with Gasteiger partial charge in [-0.2, -0.15) is 0 Å². The number of rotatable bonds is 5. The lowest BCUT2D eigenvalue weighted by Crippen LogP contribution is -2.45. The third-order valence-electron chi connectivity index (χ3n) is 2.19. The number of thioether (sulfide) groups is 1. The predicted molar refractivity (Wildman–Crippen MR) is 62.0 cm³/mol. The summed E-state index contributed by atoms with van der Waals surface area (Å²) in [5.74, 6) is -0.698. The molecule has 1 rings (SSSR count). The number of aliphatic carboxylic acids is 1. The molecule has 16 heavy (non-hydrogen) atoms. The van der Waals surface area contributed by atoms with E-state index in [1.54, 1.807) is 12.1 Å². The van der Waals surface area contributed by atoms with Gasteiger partial charge in [-0.15, -0.1) is 11.8 Å². The average Bonchev–Trinajstić information content (AvgIpc) is 2.20. The van der Waals surface area contributed by atoms with Crippen molar-refractivity contribution in [3.05, 3.63) is 30.1 Å². The van der Waals surface area contributed by atoms with Gasteiger partial charge >= 0.3 is 5.97 Å². The summed E-state index contributed by atoms with van der Waals surface area (Å²) in [6.45, 7) is 1.49. The lowest BCUT2D eigenvalue weighted by Gasteiger charge is -2.18. The van der Waals surface area contributed by atoms with Crippen molar-refractivity contribution in [1.29, 1.82) is 0 Å². The number of halogens is 1. The molecule has 1 atom stereocenters. The van der Waals surface area contributed by atoms with Crippen molar-refractivity contribution in [3.63, 3.8) is 0 Å². The Morgan fingerprint density at radius 2 is 2.06 bits per heavy atom. The number of carboxylic acids is 1. The third-order valence-corrected chi connectivity index (χ3v) is 3.21. The molecule has 0 aliphatic rings. The minimum Gasteiger partial charge on any atom is -0.480 e. The van der Waals surface area contributed by atoms with Crippen LogP contribution in [-0.4, -0.2) is 22.4 Å². The van der Waals surface area contributed by atoms with E-state index < -0.39 is 11.5 Å². The summed E-state index contributed by atoms with van der Waals surface area (Å²) in [4.78, 5) is 11.6. The van der Waals surface area contributed by atoms with Crippen LogP contribution in [0.1, 0.15) is 13.3 Å². The van der Waals surface area contributed by atoms with Crippen molar-refractivity contribution >= 4 is 17.7 Å². The number of hydrogen-bond acceptors (Lipinski definition) is 3. The van der Waals surface area contributed by atoms with Gasteiger partial charge in [-0.25, -0.2) is 4.39 Å². The SMILES string of the molecule is CC(N)(CCSc1ccc(F)cc1)C(=O)O. The second-order valence-corrected chi connectivity index (χ2v) is 4.94. The smallest absolute Gasteiger partial charge is 0.323 e. The molecular formula is C11H14FNO2S. The Morgan fingerprint density at radius 3 is 2.56 bits per heavy atom. The Hall–Kier alpha value is -1.07. The van der Waals surface area contributed by atoms with Gasteiger partial charge in [0.1, 0.15) is 11.4 Å². The van der Waals surface area contributed by atoms with E-state index in [0.717, 1.165) is 4.90 Å². The Bertz CT molecular complexity index is 365. The van der Waals surface area contributed by atoms with Crippen LogP contribution in [-0.2, 0) is 4.79 Å². The van der Waals surface area contributed by atoms with Crippen LogP contribution in [0.5, 0.6) is 0 Å². The molecular weight excluding hydrogens is 229 g/mol. The summed E-state index contributed by atoms with van der Waals surface area (Å²) < 4.78 is 12.6. The topological polar surface area (TPSA) is 63.3 Å². The molecule has 0 saturated carbocycles.